The van der Waals surface area contributed by atoms with Crippen LogP contribution in [0.3, 0.4) is 0 Å². The molecule has 0 saturated carbocycles. The number of nitrogens with one attached hydrogen (secondary N) is 2. The minimum Gasteiger partial charge on any atom is -0.459 e. The summed E-state index contributed by atoms with van der Waals surface area (Å²) >= 11 is 0. The lowest BCUT2D eigenvalue weighted by atomic mass is 10.0. The van der Waals surface area contributed by atoms with E-state index in [9.17, 15) is 9.59 Å². The predicted molar refractivity (Wildman–Crippen MR) is 95.1 cm³/mol. The molecule has 4 aromatic rings. The number of aromatic amines is 2. The fourth-order valence-electron chi connectivity index (χ4n) is 3.88. The molecule has 0 unspecified atom stereocenters. The van der Waals surface area contributed by atoms with Gasteiger partial charge in [0.15, 0.2) is 5.76 Å². The molecule has 0 spiro atoms. The molecule has 0 aromatic carbocycles. The molecule has 1 aliphatic rings. The lowest BCUT2D eigenvalue weighted by Gasteiger charge is -2.32. The first-order valence-corrected chi connectivity index (χ1v) is 8.61. The van der Waals surface area contributed by atoms with Crippen LogP contribution in [-0.4, -0.2) is 43.4 Å². The van der Waals surface area contributed by atoms with Crippen molar-refractivity contribution in [3.63, 3.8) is 0 Å². The zero-order valence-corrected chi connectivity index (χ0v) is 13.9. The topological polar surface area (TPSA) is 99.9 Å². The van der Waals surface area contributed by atoms with Gasteiger partial charge in [0.1, 0.15) is 5.65 Å². The van der Waals surface area contributed by atoms with Crippen LogP contribution in [0.25, 0.3) is 22.1 Å². The maximum Gasteiger partial charge on any atom is 0.326 e. The van der Waals surface area contributed by atoms with Gasteiger partial charge in [0.05, 0.1) is 29.5 Å². The van der Waals surface area contributed by atoms with Crippen LogP contribution in [0.4, 0.5) is 0 Å². The van der Waals surface area contributed by atoms with Crippen molar-refractivity contribution in [1.29, 1.82) is 0 Å². The molecule has 1 fully saturated rings. The van der Waals surface area contributed by atoms with Crippen LogP contribution in [0.1, 0.15) is 29.4 Å². The van der Waals surface area contributed by atoms with E-state index >= 15 is 0 Å². The molecular weight excluding hydrogens is 334 g/mol. The van der Waals surface area contributed by atoms with Gasteiger partial charge in [0.2, 0.25) is 0 Å². The van der Waals surface area contributed by atoms with E-state index in [1.807, 2.05) is 12.3 Å². The Kier molecular flexibility index (Phi) is 3.24. The number of piperidine rings is 1. The molecule has 1 atom stereocenters. The van der Waals surface area contributed by atoms with E-state index in [4.69, 9.17) is 4.42 Å². The first kappa shape index (κ1) is 15.0. The quantitative estimate of drug-likeness (QED) is 0.578. The number of hydrogen-bond donors (Lipinski definition) is 2. The normalized spacial score (nSPS) is 18.0. The summed E-state index contributed by atoms with van der Waals surface area (Å²) in [7, 11) is 0. The van der Waals surface area contributed by atoms with Gasteiger partial charge < -0.3 is 19.3 Å². The number of carbonyl (C=O) groups excluding carboxylic acids is 1. The molecule has 8 nitrogen and oxygen atoms in total. The van der Waals surface area contributed by atoms with E-state index in [-0.39, 0.29) is 17.6 Å². The average Bonchev–Trinajstić information content (AvgIpc) is 3.39. The van der Waals surface area contributed by atoms with Crippen molar-refractivity contribution in [2.45, 2.75) is 18.9 Å². The lowest BCUT2D eigenvalue weighted by molar-refractivity contribution is 0.0648. The summed E-state index contributed by atoms with van der Waals surface area (Å²) in [4.78, 5) is 37.3. The zero-order chi connectivity index (χ0) is 17.7. The molecule has 1 aliphatic heterocycles. The van der Waals surface area contributed by atoms with Gasteiger partial charge in [-0.05, 0) is 31.0 Å². The zero-order valence-electron chi connectivity index (χ0n) is 13.9. The summed E-state index contributed by atoms with van der Waals surface area (Å²) in [6, 6.07) is 5.19. The van der Waals surface area contributed by atoms with Crippen molar-refractivity contribution >= 4 is 28.0 Å². The molecule has 5 heterocycles. The molecule has 132 valence electrons. The molecule has 0 bridgehead atoms. The Labute approximate surface area is 147 Å². The van der Waals surface area contributed by atoms with E-state index in [1.54, 1.807) is 27.8 Å². The van der Waals surface area contributed by atoms with Gasteiger partial charge in [-0.3, -0.25) is 9.36 Å². The number of amides is 1. The second kappa shape index (κ2) is 5.62. The van der Waals surface area contributed by atoms with E-state index < -0.39 is 0 Å². The first-order valence-electron chi connectivity index (χ1n) is 8.61. The molecule has 8 heteroatoms. The van der Waals surface area contributed by atoms with Crippen molar-refractivity contribution < 1.29 is 9.21 Å². The molecule has 2 N–H and O–H groups in total. The summed E-state index contributed by atoms with van der Waals surface area (Å²) in [5.74, 6) is 0.190. The van der Waals surface area contributed by atoms with Gasteiger partial charge in [0.25, 0.3) is 5.91 Å². The molecule has 4 aromatic heterocycles. The number of H-pyrrole nitrogens is 2. The van der Waals surface area contributed by atoms with Gasteiger partial charge >= 0.3 is 5.69 Å². The molecule has 26 heavy (non-hydrogen) atoms. The number of fused-ring (bicyclic) bond motifs is 3. The summed E-state index contributed by atoms with van der Waals surface area (Å²) in [5, 5.41) is 0.898. The van der Waals surface area contributed by atoms with E-state index in [0.717, 1.165) is 29.4 Å². The molecular formula is C18H17N5O3. The molecule has 5 rings (SSSR count). The SMILES string of the molecule is O=C(c1ccco1)N1CCC[C@@H](n2c(=O)[nH]c3cnc4[nH]ccc4c32)C1. The highest BCUT2D eigenvalue weighted by Gasteiger charge is 2.29. The lowest BCUT2D eigenvalue weighted by Crippen LogP contribution is -2.42. The average molecular weight is 351 g/mol. The third-order valence-electron chi connectivity index (χ3n) is 5.04. The van der Waals surface area contributed by atoms with E-state index in [0.29, 0.717) is 24.4 Å². The Morgan fingerprint density at radius 2 is 2.27 bits per heavy atom. The summed E-state index contributed by atoms with van der Waals surface area (Å²) in [6.45, 7) is 1.13. The van der Waals surface area contributed by atoms with Crippen LogP contribution in [0.2, 0.25) is 0 Å². The molecule has 1 saturated heterocycles. The number of aromatic nitrogens is 4. The van der Waals surface area contributed by atoms with Gasteiger partial charge in [-0.25, -0.2) is 9.78 Å². The van der Waals surface area contributed by atoms with E-state index in [1.165, 1.54) is 6.26 Å². The fourth-order valence-corrected chi connectivity index (χ4v) is 3.88. The summed E-state index contributed by atoms with van der Waals surface area (Å²) in [5.41, 5.74) is 2.10. The van der Waals surface area contributed by atoms with Crippen LogP contribution in [-0.2, 0) is 0 Å². The predicted octanol–water partition coefficient (Wildman–Crippen LogP) is 2.28. The second-order valence-electron chi connectivity index (χ2n) is 6.59. The number of furan rings is 1. The Morgan fingerprint density at radius 1 is 1.35 bits per heavy atom. The summed E-state index contributed by atoms with van der Waals surface area (Å²) < 4.78 is 7.01. The Morgan fingerprint density at radius 3 is 3.12 bits per heavy atom. The van der Waals surface area contributed by atoms with Crippen LogP contribution in [0.5, 0.6) is 0 Å². The smallest absolute Gasteiger partial charge is 0.326 e. The van der Waals surface area contributed by atoms with Gasteiger partial charge in [0, 0.05) is 24.7 Å². The Hall–Kier alpha value is -3.29. The molecule has 0 radical (unpaired) electrons. The molecule has 1 amide bonds. The maximum atomic E-state index is 12.7. The standard InChI is InChI=1S/C18H17N5O3/c24-17(14-4-2-8-26-14)22-7-1-3-11(10-22)23-15-12-5-6-19-16(12)20-9-13(15)21-18(23)25/h2,4-6,8-9,11H,1,3,7,10H2,(H,19,20)(H,21,25)/t11-/m1/s1. The number of imidazole rings is 1. The van der Waals surface area contributed by atoms with Crippen molar-refractivity contribution in [3.8, 4) is 0 Å². The molecule has 0 aliphatic carbocycles. The number of nitrogens with zero attached hydrogens (tertiary/aromatic N) is 3. The monoisotopic (exact) mass is 351 g/mol. The van der Waals surface area contributed by atoms with E-state index in [2.05, 4.69) is 15.0 Å². The summed E-state index contributed by atoms with van der Waals surface area (Å²) in [6.07, 6.45) is 6.64. The minimum atomic E-state index is -0.173. The van der Waals surface area contributed by atoms with Gasteiger partial charge in [-0.15, -0.1) is 0 Å². The number of likely N-dealkylation sites (tertiary alicyclic amines) is 1. The largest absolute Gasteiger partial charge is 0.459 e. The Balaban J connectivity index is 1.57. The second-order valence-corrected chi connectivity index (χ2v) is 6.59. The highest BCUT2D eigenvalue weighted by molar-refractivity contribution is 6.01. The van der Waals surface area contributed by atoms with Crippen LogP contribution >= 0.6 is 0 Å². The number of hydrogen-bond acceptors (Lipinski definition) is 4. The third kappa shape index (κ3) is 2.18. The number of carbonyl (C=O) groups is 1. The fraction of sp³-hybridized carbons (Fsp3) is 0.278. The van der Waals surface area contributed by atoms with Crippen molar-refractivity contribution in [3.05, 3.63) is 53.1 Å². The van der Waals surface area contributed by atoms with Crippen molar-refractivity contribution in [2.24, 2.45) is 0 Å². The maximum absolute atomic E-state index is 12.7. The minimum absolute atomic E-state index is 0.0931. The van der Waals surface area contributed by atoms with Crippen molar-refractivity contribution in [2.75, 3.05) is 13.1 Å². The number of rotatable bonds is 2. The highest BCUT2D eigenvalue weighted by atomic mass is 16.3. The van der Waals surface area contributed by atoms with Gasteiger partial charge in [-0.1, -0.05) is 0 Å². The van der Waals surface area contributed by atoms with Crippen molar-refractivity contribution in [1.82, 2.24) is 24.4 Å². The van der Waals surface area contributed by atoms with Crippen LogP contribution < -0.4 is 5.69 Å². The highest BCUT2D eigenvalue weighted by Crippen LogP contribution is 2.28. The van der Waals surface area contributed by atoms with Crippen LogP contribution in [0.15, 0.2) is 46.1 Å². The van der Waals surface area contributed by atoms with Gasteiger partial charge in [-0.2, -0.15) is 0 Å². The number of pyridine rings is 1. The Bertz CT molecular complexity index is 1150. The first-order chi connectivity index (χ1) is 12.7. The van der Waals surface area contributed by atoms with Crippen LogP contribution in [0, 0.1) is 0 Å². The third-order valence-corrected chi connectivity index (χ3v) is 5.04.